The molecule has 2 aliphatic rings. The van der Waals surface area contributed by atoms with E-state index in [-0.39, 0.29) is 0 Å². The summed E-state index contributed by atoms with van der Waals surface area (Å²) >= 11 is 6.08. The van der Waals surface area contributed by atoms with Crippen molar-refractivity contribution in [2.45, 2.75) is 57.0 Å². The van der Waals surface area contributed by atoms with E-state index < -0.39 is 5.41 Å². The number of nitrogens with zero attached hydrogens (tertiary/aromatic N) is 3. The Morgan fingerprint density at radius 3 is 2.64 bits per heavy atom. The SMILES string of the molecule is CC(C)CON1[C@@H]2CC[C@H]1CC(C#N)(c1cncc(Cl)c1)C2. The third kappa shape index (κ3) is 2.86. The summed E-state index contributed by atoms with van der Waals surface area (Å²) < 4.78 is 0. The van der Waals surface area contributed by atoms with Crippen molar-refractivity contribution in [1.82, 2.24) is 10.0 Å². The van der Waals surface area contributed by atoms with E-state index in [2.05, 4.69) is 30.0 Å². The zero-order chi connectivity index (χ0) is 15.7. The molecule has 2 fully saturated rings. The van der Waals surface area contributed by atoms with Crippen LogP contribution in [0.5, 0.6) is 0 Å². The van der Waals surface area contributed by atoms with Crippen LogP contribution in [0.1, 0.15) is 45.1 Å². The first-order chi connectivity index (χ1) is 10.5. The van der Waals surface area contributed by atoms with Crippen LogP contribution in [0.4, 0.5) is 0 Å². The van der Waals surface area contributed by atoms with Crippen LogP contribution in [-0.2, 0) is 10.3 Å². The van der Waals surface area contributed by atoms with Crippen molar-refractivity contribution in [1.29, 1.82) is 5.26 Å². The number of halogens is 1. The van der Waals surface area contributed by atoms with Crippen LogP contribution in [0.2, 0.25) is 5.02 Å². The molecule has 0 aromatic carbocycles. The van der Waals surface area contributed by atoms with Gasteiger partial charge in [0.25, 0.3) is 0 Å². The molecule has 22 heavy (non-hydrogen) atoms. The van der Waals surface area contributed by atoms with Gasteiger partial charge in [0.1, 0.15) is 0 Å². The van der Waals surface area contributed by atoms with E-state index >= 15 is 0 Å². The Hall–Kier alpha value is -1.15. The maximum atomic E-state index is 9.87. The Labute approximate surface area is 137 Å². The van der Waals surface area contributed by atoms with E-state index in [1.807, 2.05) is 6.07 Å². The Bertz CT molecular complexity index is 570. The Morgan fingerprint density at radius 1 is 1.41 bits per heavy atom. The molecular formula is C17H22ClN3O. The minimum absolute atomic E-state index is 0.316. The van der Waals surface area contributed by atoms with Crippen molar-refractivity contribution in [2.24, 2.45) is 5.92 Å². The number of nitriles is 1. The van der Waals surface area contributed by atoms with Crippen LogP contribution in [0.25, 0.3) is 0 Å². The van der Waals surface area contributed by atoms with Crippen LogP contribution in [-0.4, -0.2) is 28.7 Å². The molecule has 3 atom stereocenters. The van der Waals surface area contributed by atoms with Gasteiger partial charge in [0.15, 0.2) is 0 Å². The predicted molar refractivity (Wildman–Crippen MR) is 85.2 cm³/mol. The van der Waals surface area contributed by atoms with E-state index in [4.69, 9.17) is 16.4 Å². The first-order valence-corrected chi connectivity index (χ1v) is 8.35. The highest BCUT2D eigenvalue weighted by atomic mass is 35.5. The molecule has 0 spiro atoms. The molecule has 0 aliphatic carbocycles. The summed E-state index contributed by atoms with van der Waals surface area (Å²) in [6, 6.07) is 5.09. The summed E-state index contributed by atoms with van der Waals surface area (Å²) in [7, 11) is 0. The van der Waals surface area contributed by atoms with Crippen molar-refractivity contribution in [3.8, 4) is 6.07 Å². The molecule has 2 saturated heterocycles. The lowest BCUT2D eigenvalue weighted by Gasteiger charge is -2.42. The maximum Gasteiger partial charge on any atom is 0.0869 e. The number of hydrogen-bond acceptors (Lipinski definition) is 4. The molecule has 1 aromatic rings. The van der Waals surface area contributed by atoms with Gasteiger partial charge >= 0.3 is 0 Å². The van der Waals surface area contributed by atoms with Gasteiger partial charge in [-0.15, -0.1) is 0 Å². The fourth-order valence-electron chi connectivity index (χ4n) is 3.72. The largest absolute Gasteiger partial charge is 0.298 e. The highest BCUT2D eigenvalue weighted by Gasteiger charge is 2.50. The molecule has 4 nitrogen and oxygen atoms in total. The van der Waals surface area contributed by atoms with Crippen LogP contribution >= 0.6 is 11.6 Å². The second kappa shape index (κ2) is 6.16. The standard InChI is InChI=1S/C17H22ClN3O/c1-12(2)10-22-21-15-3-4-16(21)7-17(6-15,11-19)13-5-14(18)9-20-8-13/h5,8-9,12,15-16H,3-4,6-7,10H2,1-2H3/t15-,16+,17?. The highest BCUT2D eigenvalue weighted by Crippen LogP contribution is 2.47. The minimum Gasteiger partial charge on any atom is -0.298 e. The molecule has 0 saturated carbocycles. The smallest absolute Gasteiger partial charge is 0.0869 e. The van der Waals surface area contributed by atoms with Crippen molar-refractivity contribution < 1.29 is 4.84 Å². The monoisotopic (exact) mass is 319 g/mol. The van der Waals surface area contributed by atoms with E-state index in [0.29, 0.717) is 23.0 Å². The second-order valence-corrected chi connectivity index (χ2v) is 7.36. The summed E-state index contributed by atoms with van der Waals surface area (Å²) in [5, 5.41) is 12.6. The maximum absolute atomic E-state index is 9.87. The molecule has 1 unspecified atom stereocenters. The van der Waals surface area contributed by atoms with Crippen molar-refractivity contribution >= 4 is 11.6 Å². The number of hydroxylamine groups is 2. The average Bonchev–Trinajstić information content (AvgIpc) is 2.74. The van der Waals surface area contributed by atoms with Crippen LogP contribution in [0.3, 0.4) is 0 Å². The van der Waals surface area contributed by atoms with Crippen molar-refractivity contribution in [3.63, 3.8) is 0 Å². The zero-order valence-electron chi connectivity index (χ0n) is 13.1. The van der Waals surface area contributed by atoms with Crippen molar-refractivity contribution in [3.05, 3.63) is 29.0 Å². The van der Waals surface area contributed by atoms with Gasteiger partial charge in [-0.05, 0) is 43.2 Å². The summed E-state index contributed by atoms with van der Waals surface area (Å²) in [5.41, 5.74) is 0.462. The Balaban J connectivity index is 1.82. The van der Waals surface area contributed by atoms with Gasteiger partial charge in [-0.25, -0.2) is 0 Å². The summed E-state index contributed by atoms with van der Waals surface area (Å²) in [6.07, 6.45) is 7.19. The van der Waals surface area contributed by atoms with Gasteiger partial charge in [-0.1, -0.05) is 25.4 Å². The van der Waals surface area contributed by atoms with Crippen molar-refractivity contribution in [2.75, 3.05) is 6.61 Å². The lowest BCUT2D eigenvalue weighted by molar-refractivity contribution is -0.216. The average molecular weight is 320 g/mol. The van der Waals surface area contributed by atoms with Crippen LogP contribution in [0, 0.1) is 17.2 Å². The second-order valence-electron chi connectivity index (χ2n) is 6.93. The molecule has 2 aliphatic heterocycles. The minimum atomic E-state index is -0.485. The number of rotatable bonds is 4. The quantitative estimate of drug-likeness (QED) is 0.849. The fraction of sp³-hybridized carbons (Fsp3) is 0.647. The van der Waals surface area contributed by atoms with Crippen LogP contribution in [0.15, 0.2) is 18.5 Å². The Morgan fingerprint density at radius 2 is 2.09 bits per heavy atom. The molecule has 0 radical (unpaired) electrons. The number of hydrogen-bond donors (Lipinski definition) is 0. The molecule has 0 amide bonds. The van der Waals surface area contributed by atoms with E-state index in [9.17, 15) is 5.26 Å². The van der Waals surface area contributed by atoms with Gasteiger partial charge in [0.2, 0.25) is 0 Å². The van der Waals surface area contributed by atoms with E-state index in [1.165, 1.54) is 0 Å². The predicted octanol–water partition coefficient (Wildman–Crippen LogP) is 3.71. The topological polar surface area (TPSA) is 49.1 Å². The van der Waals surface area contributed by atoms with Crippen LogP contribution < -0.4 is 0 Å². The number of pyridine rings is 1. The zero-order valence-corrected chi connectivity index (χ0v) is 13.9. The molecule has 3 heterocycles. The van der Waals surface area contributed by atoms with Gasteiger partial charge in [0, 0.05) is 24.5 Å². The lowest BCUT2D eigenvalue weighted by Crippen LogP contribution is -2.49. The fourth-order valence-corrected chi connectivity index (χ4v) is 3.89. The molecule has 5 heteroatoms. The normalized spacial score (nSPS) is 31.4. The third-order valence-electron chi connectivity index (χ3n) is 4.75. The Kier molecular flexibility index (Phi) is 4.40. The molecule has 3 rings (SSSR count). The lowest BCUT2D eigenvalue weighted by atomic mass is 9.72. The van der Waals surface area contributed by atoms with Gasteiger partial charge in [0.05, 0.1) is 23.1 Å². The van der Waals surface area contributed by atoms with Gasteiger partial charge in [-0.2, -0.15) is 10.3 Å². The number of fused-ring (bicyclic) bond motifs is 2. The van der Waals surface area contributed by atoms with E-state index in [1.54, 1.807) is 12.4 Å². The molecule has 1 aromatic heterocycles. The first-order valence-electron chi connectivity index (χ1n) is 7.97. The number of aromatic nitrogens is 1. The molecular weight excluding hydrogens is 298 g/mol. The molecule has 0 N–H and O–H groups in total. The highest BCUT2D eigenvalue weighted by molar-refractivity contribution is 6.30. The van der Waals surface area contributed by atoms with E-state index in [0.717, 1.165) is 37.9 Å². The molecule has 2 bridgehead atoms. The first kappa shape index (κ1) is 15.7. The summed E-state index contributed by atoms with van der Waals surface area (Å²) in [5.74, 6) is 0.513. The summed E-state index contributed by atoms with van der Waals surface area (Å²) in [6.45, 7) is 5.05. The van der Waals surface area contributed by atoms with Gasteiger partial charge in [-0.3, -0.25) is 9.82 Å². The van der Waals surface area contributed by atoms with Gasteiger partial charge < -0.3 is 0 Å². The molecule has 118 valence electrons. The summed E-state index contributed by atoms with van der Waals surface area (Å²) in [4.78, 5) is 10.2. The number of piperidine rings is 1. The third-order valence-corrected chi connectivity index (χ3v) is 4.96.